The van der Waals surface area contributed by atoms with E-state index in [1.807, 2.05) is 37.5 Å². The third-order valence-electron chi connectivity index (χ3n) is 5.00. The second kappa shape index (κ2) is 8.89. The maximum atomic E-state index is 11.7. The van der Waals surface area contributed by atoms with Crippen LogP contribution in [0.25, 0.3) is 22.4 Å². The monoisotopic (exact) mass is 430 g/mol. The summed E-state index contributed by atoms with van der Waals surface area (Å²) in [5.41, 5.74) is 4.65. The lowest BCUT2D eigenvalue weighted by molar-refractivity contribution is 0.0600. The van der Waals surface area contributed by atoms with E-state index in [9.17, 15) is 9.59 Å². The Labute approximate surface area is 184 Å². The molecule has 0 atom stereocenters. The van der Waals surface area contributed by atoms with Crippen molar-refractivity contribution in [3.05, 3.63) is 88.6 Å². The van der Waals surface area contributed by atoms with Crippen LogP contribution in [0.1, 0.15) is 15.9 Å². The van der Waals surface area contributed by atoms with Gasteiger partial charge in [0.15, 0.2) is 0 Å². The molecule has 1 aromatic carbocycles. The zero-order valence-electron chi connectivity index (χ0n) is 18.0. The Bertz CT molecular complexity index is 1310. The van der Waals surface area contributed by atoms with Crippen molar-refractivity contribution in [3.8, 4) is 28.3 Å². The van der Waals surface area contributed by atoms with Gasteiger partial charge in [0.1, 0.15) is 6.61 Å². The van der Waals surface area contributed by atoms with Crippen LogP contribution in [0, 0.1) is 0 Å². The molecule has 3 heterocycles. The summed E-state index contributed by atoms with van der Waals surface area (Å²) in [4.78, 5) is 27.6. The summed E-state index contributed by atoms with van der Waals surface area (Å²) in [5, 5.41) is 4.41. The number of ether oxygens (including phenoxy) is 2. The van der Waals surface area contributed by atoms with Crippen LogP contribution in [0.4, 0.5) is 0 Å². The molecule has 4 rings (SSSR count). The van der Waals surface area contributed by atoms with Crippen LogP contribution in [-0.4, -0.2) is 32.4 Å². The lowest BCUT2D eigenvalue weighted by atomic mass is 10.1. The Hall–Kier alpha value is -4.20. The van der Waals surface area contributed by atoms with Gasteiger partial charge in [-0.15, -0.1) is 5.10 Å². The van der Waals surface area contributed by atoms with Gasteiger partial charge in [-0.2, -0.15) is 0 Å². The van der Waals surface area contributed by atoms with E-state index in [0.717, 1.165) is 27.9 Å². The Kier molecular flexibility index (Phi) is 5.85. The van der Waals surface area contributed by atoms with Gasteiger partial charge < -0.3 is 14.0 Å². The third-order valence-corrected chi connectivity index (χ3v) is 5.00. The highest BCUT2D eigenvalue weighted by Gasteiger charge is 2.13. The molecule has 3 aromatic heterocycles. The van der Waals surface area contributed by atoms with Gasteiger partial charge >= 0.3 is 5.97 Å². The quantitative estimate of drug-likeness (QED) is 0.437. The molecule has 0 spiro atoms. The lowest BCUT2D eigenvalue weighted by Crippen LogP contribution is -2.13. The number of esters is 1. The number of methoxy groups -OCH3 is 1. The number of carbonyl (C=O) groups is 1. The van der Waals surface area contributed by atoms with Crippen LogP contribution in [0.15, 0.2) is 71.9 Å². The molecule has 162 valence electrons. The van der Waals surface area contributed by atoms with Gasteiger partial charge in [-0.25, -0.2) is 4.79 Å². The highest BCUT2D eigenvalue weighted by Crippen LogP contribution is 2.28. The number of pyridine rings is 2. The number of hydrogen-bond donors (Lipinski definition) is 0. The van der Waals surface area contributed by atoms with Gasteiger partial charge in [-0.3, -0.25) is 14.5 Å². The van der Waals surface area contributed by atoms with E-state index in [0.29, 0.717) is 18.1 Å². The second-order valence-electron chi connectivity index (χ2n) is 7.30. The maximum Gasteiger partial charge on any atom is 0.339 e. The zero-order chi connectivity index (χ0) is 22.7. The molecule has 0 N–H and O–H groups in total. The van der Waals surface area contributed by atoms with Crippen molar-refractivity contribution >= 4 is 5.97 Å². The molecule has 0 unspecified atom stereocenters. The van der Waals surface area contributed by atoms with E-state index in [-0.39, 0.29) is 5.56 Å². The van der Waals surface area contributed by atoms with Gasteiger partial charge in [-0.05, 0) is 23.8 Å². The fourth-order valence-electron chi connectivity index (χ4n) is 3.25. The molecule has 0 saturated carbocycles. The summed E-state index contributed by atoms with van der Waals surface area (Å²) >= 11 is 0. The number of aryl methyl sites for hydroxylation is 2. The number of nitrogens with zero attached hydrogens (tertiary/aromatic N) is 4. The first-order valence-corrected chi connectivity index (χ1v) is 9.92. The normalized spacial score (nSPS) is 10.7. The summed E-state index contributed by atoms with van der Waals surface area (Å²) in [6.07, 6.45) is 5.13. The Morgan fingerprint density at radius 1 is 0.969 bits per heavy atom. The first kappa shape index (κ1) is 21.0. The Morgan fingerprint density at radius 3 is 2.38 bits per heavy atom. The first-order chi connectivity index (χ1) is 15.4. The van der Waals surface area contributed by atoms with Crippen LogP contribution in [0.3, 0.4) is 0 Å². The molecule has 0 radical (unpaired) electrons. The minimum Gasteiger partial charge on any atom is -0.471 e. The lowest BCUT2D eigenvalue weighted by Gasteiger charge is -2.08. The highest BCUT2D eigenvalue weighted by atomic mass is 16.5. The highest BCUT2D eigenvalue weighted by molar-refractivity contribution is 5.89. The number of benzene rings is 1. The smallest absolute Gasteiger partial charge is 0.339 e. The molecule has 0 aliphatic heterocycles. The molecule has 0 amide bonds. The SMILES string of the molecule is COC(=O)c1ccc(-c2ccc(COc3nn(C)cc3-c3ccc(=O)n(C)c3)cc2)nc1. The Morgan fingerprint density at radius 2 is 1.72 bits per heavy atom. The predicted octanol–water partition coefficient (Wildman–Crippen LogP) is 3.21. The van der Waals surface area contributed by atoms with Crippen molar-refractivity contribution < 1.29 is 14.3 Å². The minimum atomic E-state index is -0.414. The van der Waals surface area contributed by atoms with E-state index in [2.05, 4.69) is 10.1 Å². The molecule has 0 aliphatic carbocycles. The number of carbonyl (C=O) groups excluding carboxylic acids is 1. The topological polar surface area (TPSA) is 88.2 Å². The molecule has 8 heteroatoms. The number of hydrogen-bond acceptors (Lipinski definition) is 6. The molecule has 4 aromatic rings. The second-order valence-corrected chi connectivity index (χ2v) is 7.30. The van der Waals surface area contributed by atoms with Gasteiger partial charge in [0, 0.05) is 49.9 Å². The average molecular weight is 430 g/mol. The fraction of sp³-hybridized carbons (Fsp3) is 0.167. The van der Waals surface area contributed by atoms with Crippen LogP contribution in [0.5, 0.6) is 5.88 Å². The molecular weight excluding hydrogens is 408 g/mol. The fourth-order valence-corrected chi connectivity index (χ4v) is 3.25. The summed E-state index contributed by atoms with van der Waals surface area (Å²) in [6.45, 7) is 0.338. The van der Waals surface area contributed by atoms with E-state index in [1.165, 1.54) is 23.9 Å². The van der Waals surface area contributed by atoms with E-state index in [4.69, 9.17) is 9.47 Å². The number of rotatable bonds is 6. The first-order valence-electron chi connectivity index (χ1n) is 9.92. The van der Waals surface area contributed by atoms with Crippen LogP contribution >= 0.6 is 0 Å². The third kappa shape index (κ3) is 4.44. The standard InChI is InChI=1S/C24H22N4O4/c1-27-13-19(9-11-22(27)29)20-14-28(2)26-23(20)32-15-16-4-6-17(7-5-16)21-10-8-18(12-25-21)24(30)31-3/h4-14H,15H2,1-3H3. The van der Waals surface area contributed by atoms with E-state index < -0.39 is 5.97 Å². The molecule has 0 aliphatic rings. The maximum absolute atomic E-state index is 11.7. The van der Waals surface area contributed by atoms with E-state index >= 15 is 0 Å². The van der Waals surface area contributed by atoms with Crippen LogP contribution in [-0.2, 0) is 25.4 Å². The van der Waals surface area contributed by atoms with Crippen molar-refractivity contribution in [2.45, 2.75) is 6.61 Å². The van der Waals surface area contributed by atoms with Gasteiger partial charge in [0.2, 0.25) is 11.4 Å². The summed E-state index contributed by atoms with van der Waals surface area (Å²) in [6, 6.07) is 14.6. The minimum absolute atomic E-state index is 0.0744. The summed E-state index contributed by atoms with van der Waals surface area (Å²) < 4.78 is 13.9. The summed E-state index contributed by atoms with van der Waals surface area (Å²) in [7, 11) is 4.88. The van der Waals surface area contributed by atoms with Crippen molar-refractivity contribution in [2.24, 2.45) is 14.1 Å². The molecular formula is C24H22N4O4. The van der Waals surface area contributed by atoms with Gasteiger partial charge in [0.25, 0.3) is 0 Å². The van der Waals surface area contributed by atoms with E-state index in [1.54, 1.807) is 36.1 Å². The largest absolute Gasteiger partial charge is 0.471 e. The van der Waals surface area contributed by atoms with Crippen LogP contribution in [0.2, 0.25) is 0 Å². The Balaban J connectivity index is 1.48. The van der Waals surface area contributed by atoms with Crippen molar-refractivity contribution in [3.63, 3.8) is 0 Å². The van der Waals surface area contributed by atoms with Gasteiger partial charge in [-0.1, -0.05) is 24.3 Å². The average Bonchev–Trinajstić information content (AvgIpc) is 3.20. The van der Waals surface area contributed by atoms with Crippen molar-refractivity contribution in [2.75, 3.05) is 7.11 Å². The number of aromatic nitrogens is 4. The molecule has 0 saturated heterocycles. The van der Waals surface area contributed by atoms with Crippen molar-refractivity contribution in [1.29, 1.82) is 0 Å². The molecule has 0 fully saturated rings. The summed E-state index contributed by atoms with van der Waals surface area (Å²) in [5.74, 6) is 0.0819. The molecule has 32 heavy (non-hydrogen) atoms. The van der Waals surface area contributed by atoms with Crippen molar-refractivity contribution in [1.82, 2.24) is 19.3 Å². The molecule has 0 bridgehead atoms. The van der Waals surface area contributed by atoms with Gasteiger partial charge in [0.05, 0.1) is 23.9 Å². The van der Waals surface area contributed by atoms with Crippen LogP contribution < -0.4 is 10.3 Å². The molecule has 8 nitrogen and oxygen atoms in total. The predicted molar refractivity (Wildman–Crippen MR) is 119 cm³/mol. The zero-order valence-corrected chi connectivity index (χ0v) is 18.0.